The zero-order valence-electron chi connectivity index (χ0n) is 26.9. The summed E-state index contributed by atoms with van der Waals surface area (Å²) in [6.07, 6.45) is 4.51. The van der Waals surface area contributed by atoms with E-state index in [4.69, 9.17) is 0 Å². The second kappa shape index (κ2) is 11.5. The molecule has 1 unspecified atom stereocenters. The normalized spacial score (nSPS) is 14.3. The molecule has 1 aliphatic rings. The summed E-state index contributed by atoms with van der Waals surface area (Å²) in [5.74, 6) is -0.309. The van der Waals surface area contributed by atoms with E-state index >= 15 is 0 Å². The van der Waals surface area contributed by atoms with Crippen LogP contribution in [0.25, 0.3) is 71.7 Å². The molecule has 2 aromatic heterocycles. The number of nitriles is 3. The number of aromatic nitrogens is 2. The number of hydrogen-bond acceptors (Lipinski definition) is 3. The van der Waals surface area contributed by atoms with Gasteiger partial charge in [0, 0.05) is 50.5 Å². The zero-order chi connectivity index (χ0) is 33.8. The highest BCUT2D eigenvalue weighted by atomic mass is 15.0. The lowest BCUT2D eigenvalue weighted by Crippen LogP contribution is -2.09. The zero-order valence-corrected chi connectivity index (χ0v) is 26.9. The summed E-state index contributed by atoms with van der Waals surface area (Å²) in [5, 5.41) is 34.7. The molecule has 1 atom stereocenters. The summed E-state index contributed by atoms with van der Waals surface area (Å²) in [4.78, 5) is 0. The second-order valence-corrected chi connectivity index (χ2v) is 12.6. The summed E-state index contributed by atoms with van der Waals surface area (Å²) in [7, 11) is 0. The maximum Gasteiger partial charge on any atom is 0.0998 e. The minimum atomic E-state index is -0.309. The first-order valence-electron chi connectivity index (χ1n) is 16.6. The topological polar surface area (TPSA) is 81.2 Å². The molecule has 2 heterocycles. The van der Waals surface area contributed by atoms with Gasteiger partial charge in [0.05, 0.1) is 57.3 Å². The van der Waals surface area contributed by atoms with Gasteiger partial charge in [-0.25, -0.2) is 0 Å². The van der Waals surface area contributed by atoms with Crippen molar-refractivity contribution in [2.24, 2.45) is 5.92 Å². The third-order valence-electron chi connectivity index (χ3n) is 9.93. The van der Waals surface area contributed by atoms with E-state index in [-0.39, 0.29) is 5.92 Å². The van der Waals surface area contributed by atoms with Crippen LogP contribution < -0.4 is 0 Å². The van der Waals surface area contributed by atoms with Crippen molar-refractivity contribution in [3.63, 3.8) is 0 Å². The fourth-order valence-electron chi connectivity index (χ4n) is 7.73. The van der Waals surface area contributed by atoms with Crippen molar-refractivity contribution in [3.8, 4) is 35.0 Å². The SMILES string of the molecule is N#Cc1ccc2c(c1)c1ccccc1n2C1=C(c2cccc(C#N)c2-c2ccc(-n3c4ccccc4c4ccccc43)cc2)C=CC(C#N)C1. The third kappa shape index (κ3) is 4.37. The fourth-order valence-corrected chi connectivity index (χ4v) is 7.73. The molecule has 0 N–H and O–H groups in total. The number of hydrogen-bond donors (Lipinski definition) is 0. The van der Waals surface area contributed by atoms with Crippen molar-refractivity contribution < 1.29 is 0 Å². The van der Waals surface area contributed by atoms with E-state index in [9.17, 15) is 15.8 Å². The molecule has 5 heteroatoms. The van der Waals surface area contributed by atoms with Gasteiger partial charge >= 0.3 is 0 Å². The van der Waals surface area contributed by atoms with Crippen molar-refractivity contribution in [1.29, 1.82) is 15.8 Å². The van der Waals surface area contributed by atoms with Gasteiger partial charge in [0.1, 0.15) is 0 Å². The number of rotatable bonds is 4. The highest BCUT2D eigenvalue weighted by molar-refractivity contribution is 6.13. The number of benzene rings is 6. The molecule has 232 valence electrons. The molecule has 0 amide bonds. The molecule has 8 aromatic rings. The number of para-hydroxylation sites is 3. The van der Waals surface area contributed by atoms with Crippen molar-refractivity contribution in [3.05, 3.63) is 162 Å². The fraction of sp³-hybridized carbons (Fsp3) is 0.0444. The number of fused-ring (bicyclic) bond motifs is 6. The van der Waals surface area contributed by atoms with E-state index in [0.29, 0.717) is 17.5 Å². The van der Waals surface area contributed by atoms with E-state index in [1.165, 1.54) is 10.8 Å². The van der Waals surface area contributed by atoms with Crippen LogP contribution in [0.15, 0.2) is 146 Å². The Labute approximate surface area is 288 Å². The molecule has 9 rings (SSSR count). The third-order valence-corrected chi connectivity index (χ3v) is 9.93. The van der Waals surface area contributed by atoms with Crippen molar-refractivity contribution >= 4 is 54.9 Å². The van der Waals surface area contributed by atoms with E-state index < -0.39 is 0 Å². The van der Waals surface area contributed by atoms with Crippen LogP contribution in [0.1, 0.15) is 23.1 Å². The molecule has 0 spiro atoms. The van der Waals surface area contributed by atoms with Crippen LogP contribution in [0.2, 0.25) is 0 Å². The van der Waals surface area contributed by atoms with Gasteiger partial charge < -0.3 is 9.13 Å². The van der Waals surface area contributed by atoms with Crippen molar-refractivity contribution in [2.45, 2.75) is 6.42 Å². The predicted octanol–water partition coefficient (Wildman–Crippen LogP) is 10.8. The smallest absolute Gasteiger partial charge is 0.0998 e. The molecule has 50 heavy (non-hydrogen) atoms. The van der Waals surface area contributed by atoms with Gasteiger partial charge in [-0.3, -0.25) is 0 Å². The summed E-state index contributed by atoms with van der Waals surface area (Å²) < 4.78 is 4.53. The molecule has 0 aliphatic heterocycles. The van der Waals surface area contributed by atoms with Crippen LogP contribution in [-0.4, -0.2) is 9.13 Å². The molecular weight excluding hydrogens is 611 g/mol. The molecule has 6 aromatic carbocycles. The molecule has 0 radical (unpaired) electrons. The standard InChI is InChI=1S/C45H27N5/c46-26-29-17-23-43-39(24-29)36-11-3-6-15-42(36)50(43)44-25-30(27-47)16-22-37(44)38-12-7-8-32(28-48)45(38)31-18-20-33(21-19-31)49-40-13-4-1-9-34(40)35-10-2-5-14-41(35)49/h1-24,30H,25H2. The Balaban J connectivity index is 1.27. The van der Waals surface area contributed by atoms with Gasteiger partial charge in [0.25, 0.3) is 0 Å². The van der Waals surface area contributed by atoms with E-state index in [1.54, 1.807) is 0 Å². The molecule has 0 saturated carbocycles. The predicted molar refractivity (Wildman–Crippen MR) is 201 cm³/mol. The molecule has 0 saturated heterocycles. The van der Waals surface area contributed by atoms with Crippen LogP contribution in [0.3, 0.4) is 0 Å². The lowest BCUT2D eigenvalue weighted by atomic mass is 9.85. The Morgan fingerprint density at radius 3 is 1.82 bits per heavy atom. The van der Waals surface area contributed by atoms with Crippen molar-refractivity contribution in [2.75, 3.05) is 0 Å². The van der Waals surface area contributed by atoms with E-state index in [1.807, 2.05) is 54.6 Å². The van der Waals surface area contributed by atoms with Gasteiger partial charge in [-0.15, -0.1) is 0 Å². The highest BCUT2D eigenvalue weighted by Gasteiger charge is 2.25. The van der Waals surface area contributed by atoms with Crippen LogP contribution in [0, 0.1) is 39.9 Å². The number of allylic oxidation sites excluding steroid dienone is 4. The molecule has 1 aliphatic carbocycles. The summed E-state index contributed by atoms with van der Waals surface area (Å²) in [5.41, 5.74) is 11.1. The Bertz CT molecular complexity index is 2820. The first-order chi connectivity index (χ1) is 24.7. The first-order valence-corrected chi connectivity index (χ1v) is 16.6. The maximum absolute atomic E-state index is 10.4. The quantitative estimate of drug-likeness (QED) is 0.193. The Morgan fingerprint density at radius 2 is 1.18 bits per heavy atom. The van der Waals surface area contributed by atoms with Gasteiger partial charge in [0.15, 0.2) is 0 Å². The summed E-state index contributed by atoms with van der Waals surface area (Å²) >= 11 is 0. The summed E-state index contributed by atoms with van der Waals surface area (Å²) in [6.45, 7) is 0. The molecule has 0 fully saturated rings. The highest BCUT2D eigenvalue weighted by Crippen LogP contribution is 2.43. The van der Waals surface area contributed by atoms with Crippen LogP contribution in [0.5, 0.6) is 0 Å². The monoisotopic (exact) mass is 637 g/mol. The van der Waals surface area contributed by atoms with Gasteiger partial charge in [-0.1, -0.05) is 91.0 Å². The average molecular weight is 638 g/mol. The van der Waals surface area contributed by atoms with Crippen LogP contribution >= 0.6 is 0 Å². The van der Waals surface area contributed by atoms with E-state index in [2.05, 4.69) is 118 Å². The maximum atomic E-state index is 10.4. The average Bonchev–Trinajstić information content (AvgIpc) is 3.70. The lowest BCUT2D eigenvalue weighted by molar-refractivity contribution is 0.825. The Hall–Kier alpha value is -7.13. The minimum absolute atomic E-state index is 0.309. The lowest BCUT2D eigenvalue weighted by Gasteiger charge is -2.24. The minimum Gasteiger partial charge on any atom is -0.312 e. The number of nitrogens with zero attached hydrogens (tertiary/aromatic N) is 5. The van der Waals surface area contributed by atoms with Gasteiger partial charge in [-0.2, -0.15) is 15.8 Å². The van der Waals surface area contributed by atoms with Gasteiger partial charge in [-0.05, 0) is 65.7 Å². The van der Waals surface area contributed by atoms with E-state index in [0.717, 1.165) is 66.5 Å². The van der Waals surface area contributed by atoms with Crippen molar-refractivity contribution in [1.82, 2.24) is 9.13 Å². The summed E-state index contributed by atoms with van der Waals surface area (Å²) in [6, 6.07) is 52.5. The Kier molecular flexibility index (Phi) is 6.70. The molecule has 5 nitrogen and oxygen atoms in total. The Morgan fingerprint density at radius 1 is 0.560 bits per heavy atom. The van der Waals surface area contributed by atoms with Gasteiger partial charge in [0.2, 0.25) is 0 Å². The first kappa shape index (κ1) is 29.0. The molecular formula is C45H27N5. The van der Waals surface area contributed by atoms with Crippen LogP contribution in [-0.2, 0) is 0 Å². The second-order valence-electron chi connectivity index (χ2n) is 12.6. The molecule has 0 bridgehead atoms. The largest absolute Gasteiger partial charge is 0.312 e. The van der Waals surface area contributed by atoms with Crippen LogP contribution in [0.4, 0.5) is 0 Å².